The van der Waals surface area contributed by atoms with Crippen molar-refractivity contribution in [2.75, 3.05) is 11.9 Å². The highest BCUT2D eigenvalue weighted by Crippen LogP contribution is 2.24. The summed E-state index contributed by atoms with van der Waals surface area (Å²) in [6.07, 6.45) is -0.0393. The second-order valence-corrected chi connectivity index (χ2v) is 7.31. The van der Waals surface area contributed by atoms with Gasteiger partial charge < -0.3 is 10.6 Å². The fourth-order valence-electron chi connectivity index (χ4n) is 2.72. The molecule has 0 aliphatic carbocycles. The van der Waals surface area contributed by atoms with E-state index in [1.165, 1.54) is 0 Å². The van der Waals surface area contributed by atoms with E-state index in [0.717, 1.165) is 20.6 Å². The van der Waals surface area contributed by atoms with Crippen molar-refractivity contribution in [3.8, 4) is 0 Å². The van der Waals surface area contributed by atoms with Gasteiger partial charge in [0.2, 0.25) is 5.91 Å². The monoisotopic (exact) mass is 445 g/mol. The minimum atomic E-state index is -0.382. The molecule has 0 radical (unpaired) electrons. The van der Waals surface area contributed by atoms with Crippen LogP contribution in [0.3, 0.4) is 0 Å². The maximum Gasteiger partial charge on any atom is 0.261 e. The molecule has 1 aliphatic rings. The molecule has 1 aliphatic heterocycles. The van der Waals surface area contributed by atoms with Gasteiger partial charge in [-0.2, -0.15) is 0 Å². The van der Waals surface area contributed by atoms with Crippen molar-refractivity contribution in [1.82, 2.24) is 10.2 Å². The van der Waals surface area contributed by atoms with Gasteiger partial charge in [-0.1, -0.05) is 18.2 Å². The van der Waals surface area contributed by atoms with Crippen LogP contribution in [0.15, 0.2) is 46.9 Å². The number of carbonyl (C=O) groups is 3. The van der Waals surface area contributed by atoms with Gasteiger partial charge in [0.1, 0.15) is 0 Å². The van der Waals surface area contributed by atoms with Crippen LogP contribution in [0.1, 0.15) is 32.7 Å². The zero-order chi connectivity index (χ0) is 19.6. The molecule has 2 aromatic rings. The Morgan fingerprint density at radius 1 is 1.11 bits per heavy atom. The van der Waals surface area contributed by atoms with Crippen LogP contribution in [0.25, 0.3) is 0 Å². The van der Waals surface area contributed by atoms with E-state index < -0.39 is 0 Å². The van der Waals surface area contributed by atoms with Crippen LogP contribution in [0, 0.1) is 6.92 Å². The molecule has 0 fully saturated rings. The first kappa shape index (κ1) is 19.2. The first-order chi connectivity index (χ1) is 12.9. The van der Waals surface area contributed by atoms with Crippen molar-refractivity contribution in [3.05, 3.63) is 63.6 Å². The summed E-state index contributed by atoms with van der Waals surface area (Å²) in [5, 5.41) is 5.63. The third-order valence-corrected chi connectivity index (χ3v) is 4.93. The second kappa shape index (κ2) is 7.98. The predicted molar refractivity (Wildman–Crippen MR) is 110 cm³/mol. The lowest BCUT2D eigenvalue weighted by Gasteiger charge is -2.14. The summed E-state index contributed by atoms with van der Waals surface area (Å²) >= 11 is 8.57. The van der Waals surface area contributed by atoms with Gasteiger partial charge in [0.05, 0.1) is 16.8 Å². The summed E-state index contributed by atoms with van der Waals surface area (Å²) in [6.45, 7) is 1.96. The number of nitrogens with one attached hydrogen (secondary N) is 2. The van der Waals surface area contributed by atoms with Gasteiger partial charge in [-0.3, -0.25) is 19.3 Å². The van der Waals surface area contributed by atoms with Gasteiger partial charge >= 0.3 is 0 Å². The molecule has 3 rings (SSSR count). The number of amides is 3. The summed E-state index contributed by atoms with van der Waals surface area (Å²) in [4.78, 5) is 37.8. The molecule has 6 nitrogen and oxygen atoms in total. The highest BCUT2D eigenvalue weighted by atomic mass is 79.9. The Morgan fingerprint density at radius 2 is 1.74 bits per heavy atom. The Labute approximate surface area is 170 Å². The molecular formula is C19H16BrN3O3S. The first-order valence-electron chi connectivity index (χ1n) is 8.19. The zero-order valence-corrected chi connectivity index (χ0v) is 16.8. The molecule has 0 saturated heterocycles. The molecule has 0 saturated carbocycles. The average Bonchev–Trinajstić information content (AvgIpc) is 2.87. The van der Waals surface area contributed by atoms with Crippen molar-refractivity contribution < 1.29 is 14.4 Å². The van der Waals surface area contributed by atoms with Crippen LogP contribution in [0.4, 0.5) is 5.69 Å². The fourth-order valence-corrected chi connectivity index (χ4v) is 3.54. The minimum absolute atomic E-state index is 0.00494. The Hall–Kier alpha value is -2.58. The number of fused-ring (bicyclic) bond motifs is 1. The molecule has 1 heterocycles. The number of imide groups is 1. The van der Waals surface area contributed by atoms with Crippen molar-refractivity contribution in [2.45, 2.75) is 13.3 Å². The molecule has 0 atom stereocenters. The third kappa shape index (κ3) is 4.23. The molecule has 0 spiro atoms. The maximum absolute atomic E-state index is 12.3. The number of rotatable bonds is 4. The number of carbonyl (C=O) groups excluding carboxylic acids is 3. The Kier molecular flexibility index (Phi) is 5.67. The number of nitrogens with zero attached hydrogens (tertiary/aromatic N) is 1. The van der Waals surface area contributed by atoms with Gasteiger partial charge in [-0.25, -0.2) is 0 Å². The zero-order valence-electron chi connectivity index (χ0n) is 14.4. The Morgan fingerprint density at radius 3 is 2.33 bits per heavy atom. The van der Waals surface area contributed by atoms with Crippen molar-refractivity contribution in [2.24, 2.45) is 0 Å². The van der Waals surface area contributed by atoms with Gasteiger partial charge in [0.25, 0.3) is 11.8 Å². The Bertz CT molecular complexity index is 926. The van der Waals surface area contributed by atoms with E-state index in [4.69, 9.17) is 12.2 Å². The molecule has 8 heteroatoms. The number of thiocarbonyl (C=S) groups is 1. The van der Waals surface area contributed by atoms with Crippen LogP contribution in [0.5, 0.6) is 0 Å². The topological polar surface area (TPSA) is 78.5 Å². The number of aryl methyl sites for hydroxylation is 1. The van der Waals surface area contributed by atoms with E-state index in [1.807, 2.05) is 25.1 Å². The molecule has 2 aromatic carbocycles. The fraction of sp³-hybridized carbons (Fsp3) is 0.158. The molecule has 2 N–H and O–H groups in total. The number of hydrogen-bond donors (Lipinski definition) is 2. The smallest absolute Gasteiger partial charge is 0.261 e. The third-order valence-electron chi connectivity index (χ3n) is 4.07. The average molecular weight is 446 g/mol. The lowest BCUT2D eigenvalue weighted by molar-refractivity contribution is -0.119. The quantitative estimate of drug-likeness (QED) is 0.557. The summed E-state index contributed by atoms with van der Waals surface area (Å²) < 4.78 is 0.824. The normalized spacial score (nSPS) is 12.7. The predicted octanol–water partition coefficient (Wildman–Crippen LogP) is 3.26. The molecular weight excluding hydrogens is 430 g/mol. The van der Waals surface area contributed by atoms with Crippen LogP contribution in [-0.4, -0.2) is 34.3 Å². The van der Waals surface area contributed by atoms with E-state index in [9.17, 15) is 14.4 Å². The van der Waals surface area contributed by atoms with Gasteiger partial charge in [0, 0.05) is 17.4 Å². The van der Waals surface area contributed by atoms with Crippen molar-refractivity contribution >= 4 is 56.7 Å². The maximum atomic E-state index is 12.3. The molecule has 3 amide bonds. The summed E-state index contributed by atoms with van der Waals surface area (Å²) in [5.74, 6) is -1.15. The van der Waals surface area contributed by atoms with E-state index in [2.05, 4.69) is 26.6 Å². The van der Waals surface area contributed by atoms with Crippen LogP contribution in [-0.2, 0) is 4.79 Å². The van der Waals surface area contributed by atoms with Crippen LogP contribution >= 0.6 is 28.1 Å². The lowest BCUT2D eigenvalue weighted by Crippen LogP contribution is -2.38. The summed E-state index contributed by atoms with van der Waals surface area (Å²) in [5.41, 5.74) is 2.54. The molecule has 0 aromatic heterocycles. The van der Waals surface area contributed by atoms with E-state index >= 15 is 0 Å². The number of benzene rings is 2. The number of halogens is 1. The highest BCUT2D eigenvalue weighted by molar-refractivity contribution is 9.10. The van der Waals surface area contributed by atoms with Crippen molar-refractivity contribution in [3.63, 3.8) is 0 Å². The molecule has 0 bridgehead atoms. The Balaban J connectivity index is 1.54. The van der Waals surface area contributed by atoms with E-state index in [-0.39, 0.29) is 35.8 Å². The van der Waals surface area contributed by atoms with E-state index in [0.29, 0.717) is 11.1 Å². The van der Waals surface area contributed by atoms with Gasteiger partial charge in [-0.15, -0.1) is 0 Å². The number of anilines is 1. The minimum Gasteiger partial charge on any atom is -0.331 e. The SMILES string of the molecule is Cc1ccc(NC(=S)NC(=O)CCN2C(=O)c3ccccc3C2=O)c(Br)c1. The summed E-state index contributed by atoms with van der Waals surface area (Å²) in [7, 11) is 0. The molecule has 27 heavy (non-hydrogen) atoms. The van der Waals surface area contributed by atoms with Crippen LogP contribution in [0.2, 0.25) is 0 Å². The standard InChI is InChI=1S/C19H16BrN3O3S/c1-11-6-7-15(14(20)10-11)21-19(27)22-16(24)8-9-23-17(25)12-4-2-3-5-13(12)18(23)26/h2-7,10H,8-9H2,1H3,(H2,21,22,24,27). The lowest BCUT2D eigenvalue weighted by atomic mass is 10.1. The first-order valence-corrected chi connectivity index (χ1v) is 9.39. The van der Waals surface area contributed by atoms with E-state index in [1.54, 1.807) is 24.3 Å². The largest absolute Gasteiger partial charge is 0.331 e. The van der Waals surface area contributed by atoms with Crippen molar-refractivity contribution in [1.29, 1.82) is 0 Å². The highest BCUT2D eigenvalue weighted by Gasteiger charge is 2.34. The second-order valence-electron chi connectivity index (χ2n) is 6.04. The molecule has 138 valence electrons. The van der Waals surface area contributed by atoms with Gasteiger partial charge in [-0.05, 0) is 64.9 Å². The van der Waals surface area contributed by atoms with Gasteiger partial charge in [0.15, 0.2) is 5.11 Å². The summed E-state index contributed by atoms with van der Waals surface area (Å²) in [6, 6.07) is 12.3. The van der Waals surface area contributed by atoms with Crippen LogP contribution < -0.4 is 10.6 Å². The number of hydrogen-bond acceptors (Lipinski definition) is 4. The molecule has 0 unspecified atom stereocenters.